The highest BCUT2D eigenvalue weighted by molar-refractivity contribution is 9.09. The molecule has 0 amide bonds. The number of hydrogen-bond acceptors (Lipinski definition) is 3. The highest BCUT2D eigenvalue weighted by Crippen LogP contribution is 2.15. The normalized spacial score (nSPS) is 22.9. The zero-order valence-corrected chi connectivity index (χ0v) is 11.1. The van der Waals surface area contributed by atoms with Crippen molar-refractivity contribution in [1.82, 2.24) is 4.90 Å². The van der Waals surface area contributed by atoms with E-state index in [1.807, 2.05) is 0 Å². The van der Waals surface area contributed by atoms with Crippen molar-refractivity contribution < 1.29 is 22.6 Å². The Labute approximate surface area is 107 Å². The van der Waals surface area contributed by atoms with Crippen molar-refractivity contribution in [3.05, 3.63) is 0 Å². The summed E-state index contributed by atoms with van der Waals surface area (Å²) < 4.78 is 45.3. The van der Waals surface area contributed by atoms with Crippen molar-refractivity contribution >= 4 is 15.9 Å². The van der Waals surface area contributed by atoms with Gasteiger partial charge >= 0.3 is 6.18 Å². The Morgan fingerprint density at radius 1 is 1.41 bits per heavy atom. The van der Waals surface area contributed by atoms with Gasteiger partial charge in [0.25, 0.3) is 0 Å². The predicted molar refractivity (Wildman–Crippen MR) is 61.5 cm³/mol. The zero-order chi connectivity index (χ0) is 12.7. The van der Waals surface area contributed by atoms with Gasteiger partial charge in [-0.2, -0.15) is 13.2 Å². The van der Waals surface area contributed by atoms with E-state index in [9.17, 15) is 13.2 Å². The van der Waals surface area contributed by atoms with Crippen molar-refractivity contribution in [2.45, 2.75) is 18.6 Å². The largest absolute Gasteiger partial charge is 0.411 e. The Hall–Kier alpha value is 0.150. The lowest BCUT2D eigenvalue weighted by molar-refractivity contribution is -0.174. The molecule has 17 heavy (non-hydrogen) atoms. The lowest BCUT2D eigenvalue weighted by Crippen LogP contribution is -2.46. The van der Waals surface area contributed by atoms with E-state index in [0.717, 1.165) is 18.4 Å². The molecule has 1 heterocycles. The standard InChI is InChI=1S/C10H17BrF3NO2/c11-6-9-7-16-5-3-15(9)2-1-4-17-8-10(12,13)14/h9H,1-8H2. The molecule has 0 aliphatic carbocycles. The van der Waals surface area contributed by atoms with E-state index in [-0.39, 0.29) is 6.61 Å². The van der Waals surface area contributed by atoms with Crippen LogP contribution in [0.5, 0.6) is 0 Å². The Balaban J connectivity index is 2.08. The lowest BCUT2D eigenvalue weighted by Gasteiger charge is -2.34. The highest BCUT2D eigenvalue weighted by Gasteiger charge is 2.27. The van der Waals surface area contributed by atoms with Crippen LogP contribution < -0.4 is 0 Å². The highest BCUT2D eigenvalue weighted by atomic mass is 79.9. The smallest absolute Gasteiger partial charge is 0.378 e. The number of nitrogens with zero attached hydrogens (tertiary/aromatic N) is 1. The van der Waals surface area contributed by atoms with Crippen LogP contribution in [0, 0.1) is 0 Å². The van der Waals surface area contributed by atoms with E-state index in [1.165, 1.54) is 0 Å². The first kappa shape index (κ1) is 15.2. The summed E-state index contributed by atoms with van der Waals surface area (Å²) in [5.74, 6) is 0. The SMILES string of the molecule is FC(F)(F)COCCCN1CCOCC1CBr. The van der Waals surface area contributed by atoms with Gasteiger partial charge in [-0.15, -0.1) is 0 Å². The molecule has 0 aromatic rings. The second-order valence-electron chi connectivity index (χ2n) is 3.94. The van der Waals surface area contributed by atoms with Crippen LogP contribution in [-0.4, -0.2) is 62.0 Å². The topological polar surface area (TPSA) is 21.7 Å². The van der Waals surface area contributed by atoms with Gasteiger partial charge in [-0.05, 0) is 6.42 Å². The molecule has 1 saturated heterocycles. The van der Waals surface area contributed by atoms with Crippen molar-refractivity contribution in [3.63, 3.8) is 0 Å². The van der Waals surface area contributed by atoms with Gasteiger partial charge in [0.1, 0.15) is 6.61 Å². The molecule has 1 aliphatic heterocycles. The number of alkyl halides is 4. The molecular formula is C10H17BrF3NO2. The van der Waals surface area contributed by atoms with Crippen LogP contribution in [-0.2, 0) is 9.47 Å². The molecule has 0 saturated carbocycles. The Bertz CT molecular complexity index is 216. The average molecular weight is 320 g/mol. The number of morpholine rings is 1. The molecule has 0 radical (unpaired) electrons. The van der Waals surface area contributed by atoms with Crippen LogP contribution in [0.1, 0.15) is 6.42 Å². The third kappa shape index (κ3) is 6.59. The first-order valence-corrected chi connectivity index (χ1v) is 6.67. The molecular weight excluding hydrogens is 303 g/mol. The van der Waals surface area contributed by atoms with Crippen molar-refractivity contribution in [2.24, 2.45) is 0 Å². The van der Waals surface area contributed by atoms with Gasteiger partial charge in [-0.1, -0.05) is 15.9 Å². The van der Waals surface area contributed by atoms with Gasteiger partial charge in [0.15, 0.2) is 0 Å². The van der Waals surface area contributed by atoms with Gasteiger partial charge in [-0.25, -0.2) is 0 Å². The molecule has 102 valence electrons. The summed E-state index contributed by atoms with van der Waals surface area (Å²) in [6, 6.07) is 0.311. The molecule has 1 fully saturated rings. The summed E-state index contributed by atoms with van der Waals surface area (Å²) in [4.78, 5) is 2.22. The van der Waals surface area contributed by atoms with Crippen LogP contribution in [0.4, 0.5) is 13.2 Å². The molecule has 0 bridgehead atoms. The fourth-order valence-corrected chi connectivity index (χ4v) is 2.28. The van der Waals surface area contributed by atoms with E-state index in [4.69, 9.17) is 4.74 Å². The summed E-state index contributed by atoms with van der Waals surface area (Å²) in [6.45, 7) is 1.93. The zero-order valence-electron chi connectivity index (χ0n) is 9.51. The van der Waals surface area contributed by atoms with Crippen LogP contribution in [0.3, 0.4) is 0 Å². The van der Waals surface area contributed by atoms with E-state index < -0.39 is 12.8 Å². The maximum atomic E-state index is 11.8. The molecule has 1 unspecified atom stereocenters. The Kier molecular flexibility index (Phi) is 6.76. The molecule has 1 rings (SSSR count). The van der Waals surface area contributed by atoms with Crippen molar-refractivity contribution in [1.29, 1.82) is 0 Å². The van der Waals surface area contributed by atoms with Crippen LogP contribution in [0.25, 0.3) is 0 Å². The fourth-order valence-electron chi connectivity index (χ4n) is 1.68. The first-order chi connectivity index (χ1) is 8.03. The minimum atomic E-state index is -4.22. The van der Waals surface area contributed by atoms with Gasteiger partial charge in [0.2, 0.25) is 0 Å². The molecule has 3 nitrogen and oxygen atoms in total. The van der Waals surface area contributed by atoms with Crippen LogP contribution >= 0.6 is 15.9 Å². The summed E-state index contributed by atoms with van der Waals surface area (Å²) in [6.07, 6.45) is -3.61. The van der Waals surface area contributed by atoms with Crippen molar-refractivity contribution in [3.8, 4) is 0 Å². The summed E-state index contributed by atoms with van der Waals surface area (Å²) in [7, 11) is 0. The van der Waals surface area contributed by atoms with E-state index in [2.05, 4.69) is 25.6 Å². The van der Waals surface area contributed by atoms with Gasteiger partial charge in [0, 0.05) is 31.1 Å². The number of rotatable bonds is 6. The Morgan fingerprint density at radius 2 is 2.18 bits per heavy atom. The van der Waals surface area contributed by atoms with Gasteiger partial charge in [-0.3, -0.25) is 4.90 Å². The predicted octanol–water partition coefficient (Wildman–Crippen LogP) is 2.05. The fraction of sp³-hybridized carbons (Fsp3) is 1.00. The monoisotopic (exact) mass is 319 g/mol. The number of halogens is 4. The lowest BCUT2D eigenvalue weighted by atomic mass is 10.2. The molecule has 1 atom stereocenters. The average Bonchev–Trinajstić information content (AvgIpc) is 2.27. The minimum absolute atomic E-state index is 0.145. The summed E-state index contributed by atoms with van der Waals surface area (Å²) in [5.41, 5.74) is 0. The molecule has 0 spiro atoms. The van der Waals surface area contributed by atoms with Gasteiger partial charge < -0.3 is 9.47 Å². The maximum absolute atomic E-state index is 11.8. The number of hydrogen-bond donors (Lipinski definition) is 0. The number of ether oxygens (including phenoxy) is 2. The van der Waals surface area contributed by atoms with E-state index in [1.54, 1.807) is 0 Å². The molecule has 0 N–H and O–H groups in total. The third-order valence-electron chi connectivity index (χ3n) is 2.53. The van der Waals surface area contributed by atoms with Gasteiger partial charge in [0.05, 0.1) is 13.2 Å². The quantitative estimate of drug-likeness (QED) is 0.552. The second kappa shape index (κ2) is 7.56. The summed E-state index contributed by atoms with van der Waals surface area (Å²) >= 11 is 3.40. The molecule has 1 aliphatic rings. The minimum Gasteiger partial charge on any atom is -0.378 e. The molecule has 0 aromatic heterocycles. The van der Waals surface area contributed by atoms with E-state index >= 15 is 0 Å². The van der Waals surface area contributed by atoms with E-state index in [0.29, 0.717) is 25.7 Å². The maximum Gasteiger partial charge on any atom is 0.411 e. The van der Waals surface area contributed by atoms with Crippen molar-refractivity contribution in [2.75, 3.05) is 44.8 Å². The molecule has 7 heteroatoms. The molecule has 0 aromatic carbocycles. The van der Waals surface area contributed by atoms with Crippen LogP contribution in [0.2, 0.25) is 0 Å². The van der Waals surface area contributed by atoms with Crippen LogP contribution in [0.15, 0.2) is 0 Å². The Morgan fingerprint density at radius 3 is 2.82 bits per heavy atom. The third-order valence-corrected chi connectivity index (χ3v) is 3.27. The second-order valence-corrected chi connectivity index (χ2v) is 4.59. The summed E-state index contributed by atoms with van der Waals surface area (Å²) in [5, 5.41) is 0.816. The first-order valence-electron chi connectivity index (χ1n) is 5.55.